The number of hydrogen-bond acceptors (Lipinski definition) is 3. The van der Waals surface area contributed by atoms with E-state index < -0.39 is 6.36 Å². The van der Waals surface area contributed by atoms with E-state index in [-0.39, 0.29) is 17.5 Å². The molecule has 1 unspecified atom stereocenters. The predicted octanol–water partition coefficient (Wildman–Crippen LogP) is 3.49. The maximum atomic E-state index is 12.3. The van der Waals surface area contributed by atoms with Crippen molar-refractivity contribution in [2.75, 3.05) is 5.32 Å². The molecule has 20 heavy (non-hydrogen) atoms. The fourth-order valence-electron chi connectivity index (χ4n) is 1.92. The van der Waals surface area contributed by atoms with Gasteiger partial charge in [-0.15, -0.1) is 13.2 Å². The number of alkyl halides is 3. The van der Waals surface area contributed by atoms with Gasteiger partial charge in [0.25, 0.3) is 0 Å². The Hall–Kier alpha value is -2.18. The number of ether oxygens (including phenoxy) is 1. The van der Waals surface area contributed by atoms with Crippen LogP contribution in [0.4, 0.5) is 18.9 Å². The van der Waals surface area contributed by atoms with Crippen LogP contribution in [0.1, 0.15) is 18.7 Å². The lowest BCUT2D eigenvalue weighted by molar-refractivity contribution is -0.274. The van der Waals surface area contributed by atoms with Crippen LogP contribution in [0.15, 0.2) is 36.5 Å². The molecule has 0 radical (unpaired) electrons. The zero-order valence-electron chi connectivity index (χ0n) is 11.0. The van der Waals surface area contributed by atoms with Crippen molar-refractivity contribution >= 4 is 5.69 Å². The van der Waals surface area contributed by atoms with E-state index in [0.717, 1.165) is 5.69 Å². The molecule has 108 valence electrons. The number of aryl methyl sites for hydroxylation is 1. The van der Waals surface area contributed by atoms with Crippen LogP contribution in [-0.2, 0) is 7.05 Å². The Bertz CT molecular complexity index is 580. The van der Waals surface area contributed by atoms with Gasteiger partial charge >= 0.3 is 6.36 Å². The normalized spacial score (nSPS) is 13.1. The first-order chi connectivity index (χ1) is 9.37. The Labute approximate surface area is 114 Å². The maximum absolute atomic E-state index is 12.3. The smallest absolute Gasteiger partial charge is 0.404 e. The minimum Gasteiger partial charge on any atom is -0.404 e. The summed E-state index contributed by atoms with van der Waals surface area (Å²) in [4.78, 5) is 0. The molecular weight excluding hydrogens is 271 g/mol. The maximum Gasteiger partial charge on any atom is 0.573 e. The van der Waals surface area contributed by atoms with E-state index in [1.165, 1.54) is 18.2 Å². The Morgan fingerprint density at radius 1 is 1.25 bits per heavy atom. The summed E-state index contributed by atoms with van der Waals surface area (Å²) in [5.41, 5.74) is 1.13. The highest BCUT2D eigenvalue weighted by molar-refractivity contribution is 5.57. The lowest BCUT2D eigenvalue weighted by Gasteiger charge is -2.19. The van der Waals surface area contributed by atoms with Crippen molar-refractivity contribution in [3.63, 3.8) is 0 Å². The van der Waals surface area contributed by atoms with Crippen molar-refractivity contribution in [3.05, 3.63) is 42.2 Å². The molecule has 0 aliphatic carbocycles. The fraction of sp³-hybridized carbons (Fsp3) is 0.308. The van der Waals surface area contributed by atoms with Crippen LogP contribution < -0.4 is 10.1 Å². The summed E-state index contributed by atoms with van der Waals surface area (Å²) >= 11 is 0. The predicted molar refractivity (Wildman–Crippen MR) is 68.4 cm³/mol. The number of aromatic nitrogens is 2. The summed E-state index contributed by atoms with van der Waals surface area (Å²) in [6, 6.07) is 7.52. The molecule has 7 heteroatoms. The van der Waals surface area contributed by atoms with Crippen LogP contribution in [0.25, 0.3) is 0 Å². The van der Waals surface area contributed by atoms with Crippen LogP contribution in [-0.4, -0.2) is 16.1 Å². The summed E-state index contributed by atoms with van der Waals surface area (Å²) in [6.45, 7) is 1.83. The van der Waals surface area contributed by atoms with E-state index in [1.807, 2.05) is 6.92 Å². The van der Waals surface area contributed by atoms with Gasteiger partial charge in [0, 0.05) is 13.2 Å². The van der Waals surface area contributed by atoms with E-state index >= 15 is 0 Å². The highest BCUT2D eigenvalue weighted by Gasteiger charge is 2.32. The molecule has 0 spiro atoms. The molecular formula is C13H14F3N3O. The second kappa shape index (κ2) is 5.44. The molecule has 1 aromatic carbocycles. The molecule has 2 aromatic rings. The van der Waals surface area contributed by atoms with E-state index in [9.17, 15) is 13.2 Å². The SMILES string of the molecule is CC(Nc1ccccc1OC(F)(F)F)c1ccnn1C. The Balaban J connectivity index is 2.19. The molecule has 0 aliphatic rings. The van der Waals surface area contributed by atoms with Gasteiger partial charge in [-0.1, -0.05) is 12.1 Å². The average molecular weight is 285 g/mol. The number of benzene rings is 1. The molecule has 1 heterocycles. The van der Waals surface area contributed by atoms with Crippen LogP contribution in [0.3, 0.4) is 0 Å². The second-order valence-corrected chi connectivity index (χ2v) is 4.29. The molecule has 0 bridgehead atoms. The minimum atomic E-state index is -4.71. The van der Waals surface area contributed by atoms with E-state index in [4.69, 9.17) is 0 Å². The molecule has 0 aliphatic heterocycles. The first-order valence-corrected chi connectivity index (χ1v) is 5.96. The summed E-state index contributed by atoms with van der Waals surface area (Å²) in [7, 11) is 1.77. The lowest BCUT2D eigenvalue weighted by Crippen LogP contribution is -2.19. The van der Waals surface area contributed by atoms with Crippen molar-refractivity contribution in [3.8, 4) is 5.75 Å². The molecule has 0 saturated heterocycles. The molecule has 0 fully saturated rings. The van der Waals surface area contributed by atoms with Crippen LogP contribution >= 0.6 is 0 Å². The van der Waals surface area contributed by atoms with Gasteiger partial charge in [0.1, 0.15) is 0 Å². The Morgan fingerprint density at radius 2 is 1.95 bits per heavy atom. The fourth-order valence-corrected chi connectivity index (χ4v) is 1.92. The zero-order valence-corrected chi connectivity index (χ0v) is 11.0. The largest absolute Gasteiger partial charge is 0.573 e. The number of anilines is 1. The molecule has 0 saturated carbocycles. The van der Waals surface area contributed by atoms with Gasteiger partial charge in [0.15, 0.2) is 5.75 Å². The van der Waals surface area contributed by atoms with Gasteiger partial charge in [-0.25, -0.2) is 0 Å². The van der Waals surface area contributed by atoms with Crippen LogP contribution in [0.2, 0.25) is 0 Å². The lowest BCUT2D eigenvalue weighted by atomic mass is 10.2. The van der Waals surface area contributed by atoms with Crippen LogP contribution in [0.5, 0.6) is 5.75 Å². The first-order valence-electron chi connectivity index (χ1n) is 5.96. The van der Waals surface area contributed by atoms with Gasteiger partial charge in [0.2, 0.25) is 0 Å². The highest BCUT2D eigenvalue weighted by atomic mass is 19.4. The second-order valence-electron chi connectivity index (χ2n) is 4.29. The van der Waals surface area contributed by atoms with Gasteiger partial charge in [0.05, 0.1) is 17.4 Å². The number of nitrogens with zero attached hydrogens (tertiary/aromatic N) is 2. The van der Waals surface area contributed by atoms with Crippen molar-refractivity contribution < 1.29 is 17.9 Å². The van der Waals surface area contributed by atoms with Gasteiger partial charge in [-0.3, -0.25) is 4.68 Å². The Morgan fingerprint density at radius 3 is 2.55 bits per heavy atom. The number of halogens is 3. The molecule has 1 aromatic heterocycles. The van der Waals surface area contributed by atoms with Gasteiger partial charge < -0.3 is 10.1 Å². The van der Waals surface area contributed by atoms with E-state index in [2.05, 4.69) is 15.2 Å². The van der Waals surface area contributed by atoms with Gasteiger partial charge in [-0.2, -0.15) is 5.10 Å². The first kappa shape index (κ1) is 14.2. The third-order valence-electron chi connectivity index (χ3n) is 2.79. The molecule has 1 atom stereocenters. The van der Waals surface area contributed by atoms with E-state index in [0.29, 0.717) is 0 Å². The van der Waals surface area contributed by atoms with Crippen molar-refractivity contribution in [2.24, 2.45) is 7.05 Å². The summed E-state index contributed by atoms with van der Waals surface area (Å²) < 4.78 is 42.7. The van der Waals surface area contributed by atoms with Crippen molar-refractivity contribution in [2.45, 2.75) is 19.3 Å². The number of para-hydroxylation sites is 2. The Kier molecular flexibility index (Phi) is 3.87. The molecule has 4 nitrogen and oxygen atoms in total. The van der Waals surface area contributed by atoms with Gasteiger partial charge in [-0.05, 0) is 25.1 Å². The van der Waals surface area contributed by atoms with Crippen LogP contribution in [0, 0.1) is 0 Å². The standard InChI is InChI=1S/C13H14F3N3O/c1-9(11-7-8-17-19(11)2)18-10-5-3-4-6-12(10)20-13(14,15)16/h3-9,18H,1-2H3. The van der Waals surface area contributed by atoms with Crippen molar-refractivity contribution in [1.29, 1.82) is 0 Å². The third kappa shape index (κ3) is 3.43. The number of rotatable bonds is 4. The third-order valence-corrected chi connectivity index (χ3v) is 2.79. The summed E-state index contributed by atoms with van der Waals surface area (Å²) in [5.74, 6) is -0.256. The molecule has 1 N–H and O–H groups in total. The molecule has 2 rings (SSSR count). The highest BCUT2D eigenvalue weighted by Crippen LogP contribution is 2.32. The zero-order chi connectivity index (χ0) is 14.8. The monoisotopic (exact) mass is 285 g/mol. The van der Waals surface area contributed by atoms with Crippen molar-refractivity contribution in [1.82, 2.24) is 9.78 Å². The summed E-state index contributed by atoms with van der Waals surface area (Å²) in [5, 5.41) is 7.02. The quantitative estimate of drug-likeness (QED) is 0.934. The van der Waals surface area contributed by atoms with E-state index in [1.54, 1.807) is 30.1 Å². The summed E-state index contributed by atoms with van der Waals surface area (Å²) in [6.07, 6.45) is -3.08. The topological polar surface area (TPSA) is 39.1 Å². The number of nitrogens with one attached hydrogen (secondary N) is 1. The number of hydrogen-bond donors (Lipinski definition) is 1. The minimum absolute atomic E-state index is 0.208. The molecule has 0 amide bonds. The average Bonchev–Trinajstić information content (AvgIpc) is 2.76.